The van der Waals surface area contributed by atoms with Gasteiger partial charge in [0.05, 0.1) is 16.5 Å². The maximum Gasteiger partial charge on any atom is 0.293 e. The predicted molar refractivity (Wildman–Crippen MR) is 125 cm³/mol. The molecule has 4 nitrogen and oxygen atoms in total. The third-order valence-electron chi connectivity index (χ3n) is 4.73. The molecule has 162 valence electrons. The highest BCUT2D eigenvalue weighted by molar-refractivity contribution is 8.18. The van der Waals surface area contributed by atoms with Crippen molar-refractivity contribution >= 4 is 52.2 Å². The Bertz CT molecular complexity index is 1190. The van der Waals surface area contributed by atoms with Crippen LogP contribution in [0.2, 0.25) is 10.0 Å². The number of imide groups is 1. The number of hydrogen-bond donors (Lipinski definition) is 0. The normalized spacial score (nSPS) is 15.0. The first-order valence-electron chi connectivity index (χ1n) is 9.56. The third-order valence-corrected chi connectivity index (χ3v) is 6.24. The van der Waals surface area contributed by atoms with E-state index < -0.39 is 5.82 Å². The van der Waals surface area contributed by atoms with E-state index in [0.717, 1.165) is 17.3 Å². The number of halogens is 3. The van der Waals surface area contributed by atoms with E-state index in [-0.39, 0.29) is 34.9 Å². The van der Waals surface area contributed by atoms with Crippen molar-refractivity contribution in [2.75, 3.05) is 0 Å². The molecule has 3 aromatic rings. The van der Waals surface area contributed by atoms with Crippen molar-refractivity contribution in [2.45, 2.75) is 13.2 Å². The van der Waals surface area contributed by atoms with Crippen LogP contribution in [0.4, 0.5) is 9.18 Å². The number of nitrogens with zero attached hydrogens (tertiary/aromatic N) is 1. The molecule has 1 aliphatic rings. The van der Waals surface area contributed by atoms with E-state index in [0.29, 0.717) is 21.2 Å². The van der Waals surface area contributed by atoms with E-state index in [4.69, 9.17) is 27.9 Å². The molecule has 2 amide bonds. The van der Waals surface area contributed by atoms with Gasteiger partial charge in [-0.15, -0.1) is 0 Å². The van der Waals surface area contributed by atoms with Crippen LogP contribution < -0.4 is 4.74 Å². The van der Waals surface area contributed by atoms with Crippen molar-refractivity contribution in [2.24, 2.45) is 0 Å². The molecule has 1 saturated heterocycles. The second kappa shape index (κ2) is 9.77. The summed E-state index contributed by atoms with van der Waals surface area (Å²) in [6.45, 7) is 0.137. The van der Waals surface area contributed by atoms with Crippen molar-refractivity contribution in [1.82, 2.24) is 4.90 Å². The molecule has 8 heteroatoms. The second-order valence-electron chi connectivity index (χ2n) is 6.96. The summed E-state index contributed by atoms with van der Waals surface area (Å²) in [5.74, 6) is -0.319. The fraction of sp³-hybridized carbons (Fsp3) is 0.0833. The van der Waals surface area contributed by atoms with Crippen LogP contribution in [0.25, 0.3) is 6.08 Å². The zero-order valence-electron chi connectivity index (χ0n) is 16.6. The molecule has 0 atom stereocenters. The van der Waals surface area contributed by atoms with Crippen LogP contribution in [0.15, 0.2) is 71.6 Å². The summed E-state index contributed by atoms with van der Waals surface area (Å²) in [5, 5.41) is 0.537. The Hall–Kier alpha value is -2.80. The molecule has 0 unspecified atom stereocenters. The van der Waals surface area contributed by atoms with Crippen molar-refractivity contribution in [3.05, 3.63) is 104 Å². The van der Waals surface area contributed by atoms with E-state index in [9.17, 15) is 14.0 Å². The molecule has 1 fully saturated rings. The molecular weight excluding hydrogens is 472 g/mol. The Morgan fingerprint density at radius 3 is 2.50 bits per heavy atom. The molecule has 1 aliphatic heterocycles. The van der Waals surface area contributed by atoms with Gasteiger partial charge in [-0.3, -0.25) is 14.5 Å². The Balaban J connectivity index is 1.47. The average molecular weight is 488 g/mol. The molecule has 1 heterocycles. The van der Waals surface area contributed by atoms with Crippen LogP contribution in [0.5, 0.6) is 5.75 Å². The molecule has 0 aliphatic carbocycles. The summed E-state index contributed by atoms with van der Waals surface area (Å²) in [7, 11) is 0. The number of thioether (sulfide) groups is 1. The van der Waals surface area contributed by atoms with E-state index >= 15 is 0 Å². The first kappa shape index (κ1) is 22.4. The molecule has 0 radical (unpaired) electrons. The van der Waals surface area contributed by atoms with Gasteiger partial charge in [-0.05, 0) is 65.4 Å². The maximum atomic E-state index is 13.9. The van der Waals surface area contributed by atoms with E-state index in [2.05, 4.69) is 0 Å². The number of amides is 2. The zero-order valence-corrected chi connectivity index (χ0v) is 18.9. The lowest BCUT2D eigenvalue weighted by atomic mass is 10.2. The van der Waals surface area contributed by atoms with Gasteiger partial charge in [0.25, 0.3) is 11.1 Å². The highest BCUT2D eigenvalue weighted by Gasteiger charge is 2.34. The van der Waals surface area contributed by atoms with Crippen LogP contribution in [0.3, 0.4) is 0 Å². The van der Waals surface area contributed by atoms with Gasteiger partial charge in [0.1, 0.15) is 18.2 Å². The fourth-order valence-electron chi connectivity index (χ4n) is 3.08. The molecule has 0 bridgehead atoms. The van der Waals surface area contributed by atoms with Crippen molar-refractivity contribution in [3.63, 3.8) is 0 Å². The number of carbonyl (C=O) groups is 2. The summed E-state index contributed by atoms with van der Waals surface area (Å²) in [6.07, 6.45) is 1.63. The smallest absolute Gasteiger partial charge is 0.293 e. The van der Waals surface area contributed by atoms with Gasteiger partial charge >= 0.3 is 0 Å². The first-order valence-corrected chi connectivity index (χ1v) is 11.1. The number of ether oxygens (including phenoxy) is 1. The lowest BCUT2D eigenvalue weighted by Gasteiger charge is -2.12. The minimum absolute atomic E-state index is 0.0352. The molecule has 0 aromatic heterocycles. The van der Waals surface area contributed by atoms with Gasteiger partial charge in [-0.1, -0.05) is 53.5 Å². The summed E-state index contributed by atoms with van der Waals surface area (Å²) in [4.78, 5) is 26.7. The minimum Gasteiger partial charge on any atom is -0.489 e. The zero-order chi connectivity index (χ0) is 22.7. The van der Waals surface area contributed by atoms with Crippen LogP contribution in [0, 0.1) is 5.82 Å². The van der Waals surface area contributed by atoms with Crippen LogP contribution >= 0.6 is 35.0 Å². The highest BCUT2D eigenvalue weighted by atomic mass is 35.5. The third kappa shape index (κ3) is 5.15. The Morgan fingerprint density at radius 2 is 1.75 bits per heavy atom. The van der Waals surface area contributed by atoms with Gasteiger partial charge in [0, 0.05) is 10.6 Å². The second-order valence-corrected chi connectivity index (χ2v) is 8.79. The Kier molecular flexibility index (Phi) is 6.84. The topological polar surface area (TPSA) is 46.6 Å². The molecule has 32 heavy (non-hydrogen) atoms. The maximum absolute atomic E-state index is 13.9. The van der Waals surface area contributed by atoms with E-state index in [1.165, 1.54) is 17.0 Å². The van der Waals surface area contributed by atoms with Gasteiger partial charge in [-0.2, -0.15) is 0 Å². The van der Waals surface area contributed by atoms with Gasteiger partial charge in [0.2, 0.25) is 0 Å². The fourth-order valence-corrected chi connectivity index (χ4v) is 4.26. The van der Waals surface area contributed by atoms with Crippen molar-refractivity contribution in [1.29, 1.82) is 0 Å². The lowest BCUT2D eigenvalue weighted by Crippen LogP contribution is -2.27. The van der Waals surface area contributed by atoms with Crippen LogP contribution in [-0.4, -0.2) is 16.0 Å². The van der Waals surface area contributed by atoms with Crippen LogP contribution in [-0.2, 0) is 17.9 Å². The van der Waals surface area contributed by atoms with E-state index in [1.54, 1.807) is 60.7 Å². The first-order chi connectivity index (χ1) is 15.4. The monoisotopic (exact) mass is 487 g/mol. The molecular formula is C24H16Cl2FNO3S. The molecule has 0 saturated carbocycles. The molecule has 0 N–H and O–H groups in total. The van der Waals surface area contributed by atoms with Gasteiger partial charge in [-0.25, -0.2) is 4.39 Å². The average Bonchev–Trinajstić information content (AvgIpc) is 3.02. The van der Waals surface area contributed by atoms with Crippen molar-refractivity contribution < 1.29 is 18.7 Å². The summed E-state index contributed by atoms with van der Waals surface area (Å²) < 4.78 is 19.6. The Labute approximate surface area is 198 Å². The largest absolute Gasteiger partial charge is 0.489 e. The van der Waals surface area contributed by atoms with Crippen LogP contribution in [0.1, 0.15) is 16.7 Å². The molecule has 4 rings (SSSR count). The standard InChI is InChI=1S/C24H16Cl2FNO3S/c25-17-9-7-15(8-10-17)13-28-23(29)22(32-24(28)30)12-16-3-1-4-18(11-16)31-14-19-20(26)5-2-6-21(19)27/h1-12H,13-14H2/b22-12-. The number of hydrogen-bond acceptors (Lipinski definition) is 4. The van der Waals surface area contributed by atoms with E-state index in [1.807, 2.05) is 0 Å². The Morgan fingerprint density at radius 1 is 1.00 bits per heavy atom. The molecule has 0 spiro atoms. The van der Waals surface area contributed by atoms with Crippen molar-refractivity contribution in [3.8, 4) is 5.75 Å². The number of rotatable bonds is 6. The highest BCUT2D eigenvalue weighted by Crippen LogP contribution is 2.34. The van der Waals surface area contributed by atoms with Gasteiger partial charge in [0.15, 0.2) is 0 Å². The quantitative estimate of drug-likeness (QED) is 0.353. The minimum atomic E-state index is -0.442. The molecule has 3 aromatic carbocycles. The SMILES string of the molecule is O=C1S/C(=C\c2cccc(OCc3c(F)cccc3Cl)c2)C(=O)N1Cc1ccc(Cl)cc1. The predicted octanol–water partition coefficient (Wildman–Crippen LogP) is 6.95. The van der Waals surface area contributed by atoms with Gasteiger partial charge < -0.3 is 4.74 Å². The lowest BCUT2D eigenvalue weighted by molar-refractivity contribution is -0.123. The number of carbonyl (C=O) groups excluding carboxylic acids is 2. The summed E-state index contributed by atoms with van der Waals surface area (Å²) >= 11 is 12.8. The summed E-state index contributed by atoms with van der Waals surface area (Å²) in [5.41, 5.74) is 1.75. The summed E-state index contributed by atoms with van der Waals surface area (Å²) in [6, 6.07) is 18.4. The number of benzene rings is 3.